The Balaban J connectivity index is 1.87. The van der Waals surface area contributed by atoms with Gasteiger partial charge >= 0.3 is 0 Å². The van der Waals surface area contributed by atoms with Crippen LogP contribution < -0.4 is 5.73 Å². The van der Waals surface area contributed by atoms with Gasteiger partial charge in [-0.05, 0) is 36.4 Å². The summed E-state index contributed by atoms with van der Waals surface area (Å²) >= 11 is 6.00. The number of benzene rings is 2. The minimum atomic E-state index is 0.271. The molecule has 0 fully saturated rings. The van der Waals surface area contributed by atoms with Gasteiger partial charge in [0.25, 0.3) is 0 Å². The van der Waals surface area contributed by atoms with Crippen LogP contribution in [0, 0.1) is 0 Å². The molecule has 3 heteroatoms. The summed E-state index contributed by atoms with van der Waals surface area (Å²) < 4.78 is 5.86. The van der Waals surface area contributed by atoms with E-state index in [9.17, 15) is 0 Å². The maximum absolute atomic E-state index is 6.00. The van der Waals surface area contributed by atoms with Gasteiger partial charge in [-0.3, -0.25) is 0 Å². The maximum Gasteiger partial charge on any atom is 0.134 e. The van der Waals surface area contributed by atoms with E-state index in [1.54, 1.807) is 0 Å². The van der Waals surface area contributed by atoms with Crippen LogP contribution >= 0.6 is 11.6 Å². The SMILES string of the molecule is NCC(Cc1cc2cc(Cl)ccc2o1)c1ccccc1. The predicted octanol–water partition coefficient (Wildman–Crippen LogP) is 4.37. The second kappa shape index (κ2) is 5.70. The van der Waals surface area contributed by atoms with Gasteiger partial charge in [0.05, 0.1) is 0 Å². The van der Waals surface area contributed by atoms with Crippen LogP contribution in [-0.2, 0) is 6.42 Å². The van der Waals surface area contributed by atoms with Gasteiger partial charge in [-0.25, -0.2) is 0 Å². The van der Waals surface area contributed by atoms with Gasteiger partial charge in [0.15, 0.2) is 0 Å². The van der Waals surface area contributed by atoms with Crippen LogP contribution in [0.15, 0.2) is 59.0 Å². The number of halogens is 1. The first-order valence-corrected chi connectivity index (χ1v) is 7.07. The van der Waals surface area contributed by atoms with E-state index in [0.717, 1.165) is 28.2 Å². The Morgan fingerprint density at radius 1 is 1.05 bits per heavy atom. The lowest BCUT2D eigenvalue weighted by atomic mass is 9.95. The minimum Gasteiger partial charge on any atom is -0.461 e. The van der Waals surface area contributed by atoms with E-state index < -0.39 is 0 Å². The third kappa shape index (κ3) is 2.72. The van der Waals surface area contributed by atoms with E-state index in [4.69, 9.17) is 21.8 Å². The molecule has 0 aliphatic heterocycles. The van der Waals surface area contributed by atoms with E-state index in [-0.39, 0.29) is 5.92 Å². The zero-order valence-corrected chi connectivity index (χ0v) is 11.8. The van der Waals surface area contributed by atoms with Crippen molar-refractivity contribution in [1.82, 2.24) is 0 Å². The van der Waals surface area contributed by atoms with Gasteiger partial charge in [0.2, 0.25) is 0 Å². The van der Waals surface area contributed by atoms with Crippen molar-refractivity contribution in [3.63, 3.8) is 0 Å². The van der Waals surface area contributed by atoms with E-state index in [2.05, 4.69) is 12.1 Å². The molecular weight excluding hydrogens is 270 g/mol. The fourth-order valence-corrected chi connectivity index (χ4v) is 2.66. The first-order chi connectivity index (χ1) is 9.76. The number of furan rings is 1. The lowest BCUT2D eigenvalue weighted by molar-refractivity contribution is 0.518. The van der Waals surface area contributed by atoms with Crippen LogP contribution in [0.1, 0.15) is 17.2 Å². The average molecular weight is 286 g/mol. The van der Waals surface area contributed by atoms with Crippen molar-refractivity contribution in [2.75, 3.05) is 6.54 Å². The zero-order chi connectivity index (χ0) is 13.9. The summed E-state index contributed by atoms with van der Waals surface area (Å²) in [4.78, 5) is 0. The first kappa shape index (κ1) is 13.2. The van der Waals surface area contributed by atoms with Crippen molar-refractivity contribution < 1.29 is 4.42 Å². The highest BCUT2D eigenvalue weighted by molar-refractivity contribution is 6.31. The number of nitrogens with two attached hydrogens (primary N) is 1. The predicted molar refractivity (Wildman–Crippen MR) is 83.2 cm³/mol. The topological polar surface area (TPSA) is 39.2 Å². The van der Waals surface area contributed by atoms with Crippen molar-refractivity contribution in [3.8, 4) is 0 Å². The zero-order valence-electron chi connectivity index (χ0n) is 11.1. The van der Waals surface area contributed by atoms with Crippen LogP contribution in [0.3, 0.4) is 0 Å². The molecule has 0 amide bonds. The molecular formula is C17H16ClNO. The smallest absolute Gasteiger partial charge is 0.134 e. The Morgan fingerprint density at radius 3 is 2.60 bits per heavy atom. The molecule has 1 heterocycles. The Morgan fingerprint density at radius 2 is 1.85 bits per heavy atom. The highest BCUT2D eigenvalue weighted by atomic mass is 35.5. The maximum atomic E-state index is 6.00. The van der Waals surface area contributed by atoms with Crippen LogP contribution in [0.5, 0.6) is 0 Å². The average Bonchev–Trinajstić information content (AvgIpc) is 2.87. The number of rotatable bonds is 4. The monoisotopic (exact) mass is 285 g/mol. The molecule has 0 saturated heterocycles. The van der Waals surface area contributed by atoms with Crippen LogP contribution in [-0.4, -0.2) is 6.54 Å². The normalized spacial score (nSPS) is 12.7. The summed E-state index contributed by atoms with van der Waals surface area (Å²) in [5.74, 6) is 1.22. The molecule has 0 spiro atoms. The van der Waals surface area contributed by atoms with Crippen molar-refractivity contribution >= 4 is 22.6 Å². The number of hydrogen-bond acceptors (Lipinski definition) is 2. The van der Waals surface area contributed by atoms with Crippen molar-refractivity contribution in [2.24, 2.45) is 5.73 Å². The standard InChI is InChI=1S/C17H16ClNO/c18-15-6-7-17-13(8-15)9-16(20-17)10-14(11-19)12-4-2-1-3-5-12/h1-9,14H,10-11,19H2. The third-order valence-corrected chi connectivity index (χ3v) is 3.77. The summed E-state index contributed by atoms with van der Waals surface area (Å²) in [5, 5.41) is 1.76. The highest BCUT2D eigenvalue weighted by Crippen LogP contribution is 2.27. The van der Waals surface area contributed by atoms with E-state index in [0.29, 0.717) is 6.54 Å². The molecule has 3 rings (SSSR count). The molecule has 3 aromatic rings. The molecule has 2 nitrogen and oxygen atoms in total. The van der Waals surface area contributed by atoms with E-state index in [1.165, 1.54) is 5.56 Å². The van der Waals surface area contributed by atoms with Crippen LogP contribution in [0.2, 0.25) is 5.02 Å². The molecule has 0 radical (unpaired) electrons. The third-order valence-electron chi connectivity index (χ3n) is 3.53. The first-order valence-electron chi connectivity index (χ1n) is 6.69. The molecule has 1 atom stereocenters. The van der Waals surface area contributed by atoms with Gasteiger partial charge in [0.1, 0.15) is 11.3 Å². The highest BCUT2D eigenvalue weighted by Gasteiger charge is 2.13. The Hall–Kier alpha value is -1.77. The molecule has 20 heavy (non-hydrogen) atoms. The van der Waals surface area contributed by atoms with E-state index >= 15 is 0 Å². The molecule has 2 N–H and O–H groups in total. The summed E-state index contributed by atoms with van der Waals surface area (Å²) in [7, 11) is 0. The quantitative estimate of drug-likeness (QED) is 0.773. The second-order valence-electron chi connectivity index (χ2n) is 4.94. The van der Waals surface area contributed by atoms with E-state index in [1.807, 2.05) is 42.5 Å². The molecule has 1 unspecified atom stereocenters. The Labute approximate surface area is 123 Å². The lowest BCUT2D eigenvalue weighted by Crippen LogP contribution is -2.14. The van der Waals surface area contributed by atoms with Gasteiger partial charge < -0.3 is 10.2 Å². The summed E-state index contributed by atoms with van der Waals surface area (Å²) in [6, 6.07) is 18.0. The van der Waals surface area contributed by atoms with Gasteiger partial charge in [-0.1, -0.05) is 41.9 Å². The Bertz CT molecular complexity index is 705. The van der Waals surface area contributed by atoms with Crippen molar-refractivity contribution in [3.05, 3.63) is 70.9 Å². The summed E-state index contributed by atoms with van der Waals surface area (Å²) in [5.41, 5.74) is 8.02. The van der Waals surface area contributed by atoms with Gasteiger partial charge in [0, 0.05) is 22.7 Å². The van der Waals surface area contributed by atoms with Crippen molar-refractivity contribution in [2.45, 2.75) is 12.3 Å². The van der Waals surface area contributed by atoms with Gasteiger partial charge in [-0.2, -0.15) is 0 Å². The summed E-state index contributed by atoms with van der Waals surface area (Å²) in [6.45, 7) is 0.599. The largest absolute Gasteiger partial charge is 0.461 e. The van der Waals surface area contributed by atoms with Gasteiger partial charge in [-0.15, -0.1) is 0 Å². The molecule has 0 saturated carbocycles. The molecule has 1 aromatic heterocycles. The van der Waals surface area contributed by atoms with Crippen LogP contribution in [0.25, 0.3) is 11.0 Å². The molecule has 0 aliphatic rings. The van der Waals surface area contributed by atoms with Crippen molar-refractivity contribution in [1.29, 1.82) is 0 Å². The molecule has 0 aliphatic carbocycles. The number of hydrogen-bond donors (Lipinski definition) is 1. The Kier molecular flexibility index (Phi) is 3.77. The molecule has 102 valence electrons. The fourth-order valence-electron chi connectivity index (χ4n) is 2.48. The lowest BCUT2D eigenvalue weighted by Gasteiger charge is -2.13. The minimum absolute atomic E-state index is 0.271. The second-order valence-corrected chi connectivity index (χ2v) is 5.38. The summed E-state index contributed by atoms with van der Waals surface area (Å²) in [6.07, 6.45) is 0.798. The number of fused-ring (bicyclic) bond motifs is 1. The molecule has 0 bridgehead atoms. The fraction of sp³-hybridized carbons (Fsp3) is 0.176. The molecule has 2 aromatic carbocycles. The van der Waals surface area contributed by atoms with Crippen LogP contribution in [0.4, 0.5) is 0 Å².